The number of ether oxygens (including phenoxy) is 2. The largest absolute Gasteiger partial charge is 0.462 e. The van der Waals surface area contributed by atoms with Crippen molar-refractivity contribution in [3.63, 3.8) is 0 Å². The molecule has 6 heteroatoms. The summed E-state index contributed by atoms with van der Waals surface area (Å²) in [5, 5.41) is 19.8. The van der Waals surface area contributed by atoms with Crippen LogP contribution >= 0.6 is 0 Å². The van der Waals surface area contributed by atoms with Gasteiger partial charge in [-0.1, -0.05) is 25.5 Å². The number of fused-ring (bicyclic) bond motifs is 1. The van der Waals surface area contributed by atoms with Crippen LogP contribution in [0, 0.1) is 29.1 Å². The van der Waals surface area contributed by atoms with Crippen LogP contribution in [0.1, 0.15) is 79.1 Å². The number of esters is 2. The number of aliphatic hydroxyl groups is 2. The lowest BCUT2D eigenvalue weighted by atomic mass is 9.62. The summed E-state index contributed by atoms with van der Waals surface area (Å²) in [6.45, 7) is 8.18. The Morgan fingerprint density at radius 3 is 2.65 bits per heavy atom. The molecule has 0 spiro atoms. The fourth-order valence-electron chi connectivity index (χ4n) is 5.49. The van der Waals surface area contributed by atoms with Crippen molar-refractivity contribution in [1.29, 1.82) is 0 Å². The zero-order valence-electron chi connectivity index (χ0n) is 19.5. The van der Waals surface area contributed by atoms with Crippen LogP contribution in [0.3, 0.4) is 0 Å². The smallest absolute Gasteiger partial charge is 0.311 e. The lowest BCUT2D eigenvalue weighted by Crippen LogP contribution is -2.45. The van der Waals surface area contributed by atoms with E-state index in [1.165, 1.54) is 5.57 Å². The normalized spacial score (nSPS) is 36.3. The highest BCUT2D eigenvalue weighted by atomic mass is 16.6. The standard InChI is InChI=1S/C25H40O6/c1-5-25(3,4)24(29)31-21-11-16(14-26)10-17-7-6-15(2)20(23(17)21)9-8-19-12-18(27)13-22(28)30-19/h7,15-16,18-21,23,26-27H,5-6,8-14H2,1-4H3/t15-,16-,18+,19+,20-,21-,23-/m0/s1. The minimum atomic E-state index is -0.615. The zero-order valence-corrected chi connectivity index (χ0v) is 19.5. The molecular formula is C25H40O6. The van der Waals surface area contributed by atoms with E-state index in [0.717, 1.165) is 19.3 Å². The molecule has 0 bridgehead atoms. The Bertz CT molecular complexity index is 683. The van der Waals surface area contributed by atoms with E-state index in [9.17, 15) is 19.8 Å². The van der Waals surface area contributed by atoms with Gasteiger partial charge in [0, 0.05) is 18.9 Å². The van der Waals surface area contributed by atoms with E-state index in [0.29, 0.717) is 37.5 Å². The molecular weight excluding hydrogens is 396 g/mol. The Morgan fingerprint density at radius 2 is 2.00 bits per heavy atom. The minimum Gasteiger partial charge on any atom is -0.462 e. The van der Waals surface area contributed by atoms with Crippen LogP contribution in [0.5, 0.6) is 0 Å². The summed E-state index contributed by atoms with van der Waals surface area (Å²) >= 11 is 0. The fraction of sp³-hybridized carbons (Fsp3) is 0.840. The second-order valence-electron chi connectivity index (χ2n) is 10.6. The van der Waals surface area contributed by atoms with E-state index < -0.39 is 11.5 Å². The van der Waals surface area contributed by atoms with Crippen LogP contribution in [0.15, 0.2) is 11.6 Å². The van der Waals surface area contributed by atoms with E-state index in [1.54, 1.807) is 0 Å². The summed E-state index contributed by atoms with van der Waals surface area (Å²) in [5.41, 5.74) is 0.777. The van der Waals surface area contributed by atoms with Crippen LogP contribution in [-0.2, 0) is 19.1 Å². The van der Waals surface area contributed by atoms with Crippen LogP contribution < -0.4 is 0 Å². The molecule has 1 heterocycles. The third-order valence-corrected chi connectivity index (χ3v) is 7.87. The Morgan fingerprint density at radius 1 is 1.26 bits per heavy atom. The maximum Gasteiger partial charge on any atom is 0.311 e. The number of carbonyl (C=O) groups is 2. The van der Waals surface area contributed by atoms with E-state index in [2.05, 4.69) is 13.0 Å². The maximum absolute atomic E-state index is 12.9. The van der Waals surface area contributed by atoms with Gasteiger partial charge in [-0.05, 0) is 70.1 Å². The first kappa shape index (κ1) is 24.2. The summed E-state index contributed by atoms with van der Waals surface area (Å²) < 4.78 is 11.6. The maximum atomic E-state index is 12.9. The highest BCUT2D eigenvalue weighted by Gasteiger charge is 2.45. The number of hydrogen-bond donors (Lipinski definition) is 2. The summed E-state index contributed by atoms with van der Waals surface area (Å²) in [6.07, 6.45) is 6.59. The predicted molar refractivity (Wildman–Crippen MR) is 117 cm³/mol. The average Bonchev–Trinajstić information content (AvgIpc) is 2.72. The highest BCUT2D eigenvalue weighted by Crippen LogP contribution is 2.48. The number of allylic oxidation sites excluding steroid dienone is 1. The molecule has 1 saturated heterocycles. The van der Waals surface area contributed by atoms with Gasteiger partial charge in [0.2, 0.25) is 0 Å². The van der Waals surface area contributed by atoms with Crippen molar-refractivity contribution in [3.05, 3.63) is 11.6 Å². The average molecular weight is 437 g/mol. The number of cyclic esters (lactones) is 1. The van der Waals surface area contributed by atoms with Gasteiger partial charge in [-0.25, -0.2) is 0 Å². The molecule has 3 aliphatic rings. The van der Waals surface area contributed by atoms with Gasteiger partial charge in [0.25, 0.3) is 0 Å². The summed E-state index contributed by atoms with van der Waals surface area (Å²) in [5.74, 6) is 0.530. The van der Waals surface area contributed by atoms with E-state index in [-0.39, 0.29) is 49.0 Å². The molecule has 1 aliphatic heterocycles. The molecule has 0 aromatic carbocycles. The van der Waals surface area contributed by atoms with Gasteiger partial charge >= 0.3 is 11.9 Å². The zero-order chi connectivity index (χ0) is 22.8. The molecule has 7 atom stereocenters. The van der Waals surface area contributed by atoms with Crippen molar-refractivity contribution in [2.75, 3.05) is 6.61 Å². The highest BCUT2D eigenvalue weighted by molar-refractivity contribution is 5.76. The molecule has 31 heavy (non-hydrogen) atoms. The molecule has 0 radical (unpaired) electrons. The predicted octanol–water partition coefficient (Wildman–Crippen LogP) is 3.78. The van der Waals surface area contributed by atoms with Crippen molar-refractivity contribution < 1.29 is 29.3 Å². The van der Waals surface area contributed by atoms with Gasteiger partial charge in [-0.2, -0.15) is 0 Å². The Hall–Kier alpha value is -1.40. The van der Waals surface area contributed by atoms with E-state index in [4.69, 9.17) is 9.47 Å². The number of carbonyl (C=O) groups excluding carboxylic acids is 2. The monoisotopic (exact) mass is 436 g/mol. The van der Waals surface area contributed by atoms with Crippen molar-refractivity contribution in [2.24, 2.45) is 29.1 Å². The van der Waals surface area contributed by atoms with Crippen molar-refractivity contribution in [2.45, 2.75) is 97.4 Å². The molecule has 3 rings (SSSR count). The summed E-state index contributed by atoms with van der Waals surface area (Å²) in [6, 6.07) is 0. The molecule has 6 nitrogen and oxygen atoms in total. The van der Waals surface area contributed by atoms with E-state index >= 15 is 0 Å². The van der Waals surface area contributed by atoms with Crippen LogP contribution in [0.2, 0.25) is 0 Å². The van der Waals surface area contributed by atoms with Gasteiger partial charge in [-0.15, -0.1) is 0 Å². The fourth-order valence-corrected chi connectivity index (χ4v) is 5.49. The van der Waals surface area contributed by atoms with E-state index in [1.807, 2.05) is 20.8 Å². The number of rotatable bonds is 7. The Kier molecular flexibility index (Phi) is 7.85. The molecule has 0 unspecified atom stereocenters. The van der Waals surface area contributed by atoms with Gasteiger partial charge in [-0.3, -0.25) is 9.59 Å². The van der Waals surface area contributed by atoms with Crippen molar-refractivity contribution >= 4 is 11.9 Å². The molecule has 1 saturated carbocycles. The molecule has 2 aliphatic carbocycles. The first-order valence-corrected chi connectivity index (χ1v) is 12.0. The lowest BCUT2D eigenvalue weighted by Gasteiger charge is -2.46. The summed E-state index contributed by atoms with van der Waals surface area (Å²) in [4.78, 5) is 24.6. The lowest BCUT2D eigenvalue weighted by molar-refractivity contribution is -0.167. The summed E-state index contributed by atoms with van der Waals surface area (Å²) in [7, 11) is 0. The molecule has 2 fully saturated rings. The Labute approximate surface area is 186 Å². The first-order chi connectivity index (χ1) is 14.6. The molecule has 0 amide bonds. The van der Waals surface area contributed by atoms with Gasteiger partial charge in [0.05, 0.1) is 17.9 Å². The van der Waals surface area contributed by atoms with Crippen molar-refractivity contribution in [1.82, 2.24) is 0 Å². The van der Waals surface area contributed by atoms with Crippen LogP contribution in [-0.4, -0.2) is 47.1 Å². The molecule has 0 aromatic heterocycles. The Balaban J connectivity index is 1.76. The third-order valence-electron chi connectivity index (χ3n) is 7.87. The number of aliphatic hydroxyl groups excluding tert-OH is 2. The van der Waals surface area contributed by atoms with Gasteiger partial charge < -0.3 is 19.7 Å². The second kappa shape index (κ2) is 10.0. The topological polar surface area (TPSA) is 93.1 Å². The molecule has 176 valence electrons. The third kappa shape index (κ3) is 5.70. The van der Waals surface area contributed by atoms with Crippen molar-refractivity contribution in [3.8, 4) is 0 Å². The first-order valence-electron chi connectivity index (χ1n) is 12.0. The quantitative estimate of drug-likeness (QED) is 0.466. The SMILES string of the molecule is CCC(C)(C)C(=O)O[C@H]1C[C@@H](CO)CC2=CC[C@H](C)[C@H](CC[C@@H]3C[C@@H](O)CC(=O)O3)[C@H]21. The van der Waals surface area contributed by atoms with Crippen LogP contribution in [0.25, 0.3) is 0 Å². The van der Waals surface area contributed by atoms with Gasteiger partial charge in [0.15, 0.2) is 0 Å². The molecule has 2 N–H and O–H groups in total. The van der Waals surface area contributed by atoms with Crippen LogP contribution in [0.4, 0.5) is 0 Å². The molecule has 0 aromatic rings. The van der Waals surface area contributed by atoms with Gasteiger partial charge in [0.1, 0.15) is 12.2 Å². The number of hydrogen-bond acceptors (Lipinski definition) is 6. The second-order valence-corrected chi connectivity index (χ2v) is 10.6. The minimum absolute atomic E-state index is 0.0830.